The molecule has 67 heavy (non-hydrogen) atoms. The van der Waals surface area contributed by atoms with Crippen molar-refractivity contribution in [3.8, 4) is 5.88 Å². The van der Waals surface area contributed by atoms with E-state index in [1.807, 2.05) is 46.0 Å². The quantitative estimate of drug-likeness (QED) is 0.214. The lowest BCUT2D eigenvalue weighted by Crippen LogP contribution is -2.51. The van der Waals surface area contributed by atoms with Crippen LogP contribution in [0.2, 0.25) is 0 Å². The van der Waals surface area contributed by atoms with Crippen molar-refractivity contribution in [2.75, 3.05) is 83.9 Å². The molecule has 0 spiro atoms. The minimum atomic E-state index is -0.625. The molecule has 4 fully saturated rings. The summed E-state index contributed by atoms with van der Waals surface area (Å²) in [7, 11) is 0. The normalized spacial score (nSPS) is 20.6. The van der Waals surface area contributed by atoms with Gasteiger partial charge in [-0.05, 0) is 131 Å². The number of anilines is 5. The van der Waals surface area contributed by atoms with E-state index in [2.05, 4.69) is 79.7 Å². The van der Waals surface area contributed by atoms with E-state index in [9.17, 15) is 19.2 Å². The van der Waals surface area contributed by atoms with Crippen LogP contribution in [0, 0.1) is 18.8 Å². The highest BCUT2D eigenvalue weighted by Crippen LogP contribution is 2.40. The SMILES string of the molecule is CCC1=C(Nc2ccc(CC(=O)N3CCCCC(C4CN(c5ccc(N6CCC(=O)NC6=O)cc5)C4)CC3)cc2)N=C2CN(c3cnc4c(c3C)N(C(=O)OC(C)(C)C)CCO4)CCC2=CC1. The number of rotatable bonds is 9. The minimum Gasteiger partial charge on any atom is -0.474 e. The number of piperidine rings is 1. The molecule has 6 aliphatic rings. The Morgan fingerprint density at radius 3 is 2.42 bits per heavy atom. The van der Waals surface area contributed by atoms with Crippen LogP contribution in [0.4, 0.5) is 38.0 Å². The zero-order chi connectivity index (χ0) is 46.8. The lowest BCUT2D eigenvalue weighted by atomic mass is 9.79. The fourth-order valence-electron chi connectivity index (χ4n) is 10.2. The number of aliphatic imine (C=N–C) groups is 1. The number of benzene rings is 2. The van der Waals surface area contributed by atoms with Crippen LogP contribution in [0.5, 0.6) is 5.88 Å². The minimum absolute atomic E-state index is 0.185. The van der Waals surface area contributed by atoms with Crippen LogP contribution in [0.3, 0.4) is 0 Å². The van der Waals surface area contributed by atoms with Crippen LogP contribution in [0.1, 0.15) is 90.2 Å². The van der Waals surface area contributed by atoms with Crippen LogP contribution >= 0.6 is 0 Å². The first-order valence-electron chi connectivity index (χ1n) is 24.3. The lowest BCUT2D eigenvalue weighted by Gasteiger charge is -2.46. The van der Waals surface area contributed by atoms with E-state index in [1.54, 1.807) is 9.80 Å². The van der Waals surface area contributed by atoms with E-state index < -0.39 is 11.7 Å². The number of carbonyl (C=O) groups is 4. The van der Waals surface area contributed by atoms with E-state index in [1.165, 1.54) is 17.6 Å². The van der Waals surface area contributed by atoms with Gasteiger partial charge in [0.25, 0.3) is 0 Å². The number of likely N-dealkylation sites (tertiary alicyclic amines) is 1. The predicted molar refractivity (Wildman–Crippen MR) is 262 cm³/mol. The Labute approximate surface area is 394 Å². The van der Waals surface area contributed by atoms with Crippen LogP contribution in [-0.4, -0.2) is 104 Å². The molecule has 7 heterocycles. The van der Waals surface area contributed by atoms with Crippen molar-refractivity contribution < 1.29 is 28.7 Å². The zero-order valence-electron chi connectivity index (χ0n) is 39.7. The average Bonchev–Trinajstić information content (AvgIpc) is 3.45. The van der Waals surface area contributed by atoms with Crippen molar-refractivity contribution in [3.05, 3.63) is 88.9 Å². The number of imide groups is 1. The van der Waals surface area contributed by atoms with Gasteiger partial charge < -0.3 is 29.5 Å². The van der Waals surface area contributed by atoms with Crippen molar-refractivity contribution >= 4 is 58.1 Å². The molecular weight excluding hydrogens is 847 g/mol. The van der Waals surface area contributed by atoms with E-state index in [0.717, 1.165) is 117 Å². The third-order valence-corrected chi connectivity index (χ3v) is 14.1. The van der Waals surface area contributed by atoms with Crippen LogP contribution < -0.4 is 35.0 Å². The Morgan fingerprint density at radius 2 is 1.67 bits per heavy atom. The van der Waals surface area contributed by atoms with E-state index in [0.29, 0.717) is 62.5 Å². The first-order valence-corrected chi connectivity index (χ1v) is 24.3. The summed E-state index contributed by atoms with van der Waals surface area (Å²) in [4.78, 5) is 70.9. The summed E-state index contributed by atoms with van der Waals surface area (Å²) in [5.74, 6) is 2.44. The fourth-order valence-corrected chi connectivity index (χ4v) is 10.2. The smallest absolute Gasteiger partial charge is 0.415 e. The second-order valence-corrected chi connectivity index (χ2v) is 19.7. The summed E-state index contributed by atoms with van der Waals surface area (Å²) >= 11 is 0. The van der Waals surface area contributed by atoms with Crippen molar-refractivity contribution in [2.24, 2.45) is 16.8 Å². The van der Waals surface area contributed by atoms with Gasteiger partial charge in [-0.3, -0.25) is 24.7 Å². The molecule has 4 saturated heterocycles. The number of carbonyl (C=O) groups excluding carboxylic acids is 4. The molecule has 9 rings (SSSR count). The number of hydrogen-bond acceptors (Lipinski definition) is 11. The molecule has 5 amide bonds. The molecule has 0 radical (unpaired) electrons. The van der Waals surface area contributed by atoms with Gasteiger partial charge in [0.1, 0.15) is 23.7 Å². The van der Waals surface area contributed by atoms with Gasteiger partial charge >= 0.3 is 12.1 Å². The van der Waals surface area contributed by atoms with Gasteiger partial charge in [0.2, 0.25) is 17.7 Å². The highest BCUT2D eigenvalue weighted by Gasteiger charge is 2.36. The standard InChI is InChI=1S/C52H65N9O6/c1-6-36-12-13-38-21-25-58(44-30-53-49-47(34(44)2)61(27-28-66-49)51(65)67-52(3,4)5)33-43(38)55-48(36)54-40-14-10-35(11-15-40)29-46(63)57-23-8-7-9-37(20-24-57)39-31-59(32-39)41-16-18-42(19-17-41)60-26-22-45(62)56-50(60)64/h10-11,13-19,30,37,39,54H,6-9,12,20-29,31-33H2,1-5H3,(H,56,62,64). The molecule has 0 aliphatic carbocycles. The van der Waals surface area contributed by atoms with Crippen molar-refractivity contribution in [1.82, 2.24) is 15.2 Å². The number of allylic oxidation sites excluding steroid dienone is 2. The Bertz CT molecular complexity index is 2470. The summed E-state index contributed by atoms with van der Waals surface area (Å²) in [6.45, 7) is 15.9. The molecule has 0 saturated carbocycles. The van der Waals surface area contributed by atoms with Crippen molar-refractivity contribution in [3.63, 3.8) is 0 Å². The first kappa shape index (κ1) is 45.8. The van der Waals surface area contributed by atoms with Crippen molar-refractivity contribution in [2.45, 2.75) is 98.0 Å². The van der Waals surface area contributed by atoms with E-state index >= 15 is 0 Å². The number of amides is 5. The topological polar surface area (TPSA) is 152 Å². The lowest BCUT2D eigenvalue weighted by molar-refractivity contribution is -0.131. The summed E-state index contributed by atoms with van der Waals surface area (Å²) in [5.41, 5.74) is 9.27. The summed E-state index contributed by atoms with van der Waals surface area (Å²) in [6.07, 6.45) is 11.4. The maximum Gasteiger partial charge on any atom is 0.415 e. The molecule has 2 N–H and O–H groups in total. The molecule has 1 unspecified atom stereocenters. The summed E-state index contributed by atoms with van der Waals surface area (Å²) < 4.78 is 11.7. The molecule has 15 heteroatoms. The summed E-state index contributed by atoms with van der Waals surface area (Å²) in [6, 6.07) is 15.9. The third kappa shape index (κ3) is 10.3. The van der Waals surface area contributed by atoms with Gasteiger partial charge in [0.15, 0.2) is 0 Å². The van der Waals surface area contributed by atoms with Gasteiger partial charge in [-0.1, -0.05) is 31.6 Å². The summed E-state index contributed by atoms with van der Waals surface area (Å²) in [5, 5.41) is 6.04. The molecule has 15 nitrogen and oxygen atoms in total. The van der Waals surface area contributed by atoms with Gasteiger partial charge in [-0.2, -0.15) is 0 Å². The monoisotopic (exact) mass is 912 g/mol. The Kier molecular flexibility index (Phi) is 13.3. The molecule has 2 aromatic carbocycles. The fraction of sp³-hybridized carbons (Fsp3) is 0.500. The second kappa shape index (κ2) is 19.5. The van der Waals surface area contributed by atoms with Gasteiger partial charge in [-0.25, -0.2) is 19.6 Å². The predicted octanol–water partition coefficient (Wildman–Crippen LogP) is 8.38. The third-order valence-electron chi connectivity index (χ3n) is 14.1. The number of hydrogen-bond donors (Lipinski definition) is 2. The largest absolute Gasteiger partial charge is 0.474 e. The number of aromatic nitrogens is 1. The van der Waals surface area contributed by atoms with Gasteiger partial charge in [0, 0.05) is 68.3 Å². The van der Waals surface area contributed by atoms with Crippen LogP contribution in [0.25, 0.3) is 0 Å². The highest BCUT2D eigenvalue weighted by molar-refractivity contribution is 6.06. The zero-order valence-corrected chi connectivity index (χ0v) is 39.7. The number of pyridine rings is 1. The molecule has 1 atom stereocenters. The number of nitrogens with one attached hydrogen (secondary N) is 2. The molecular formula is C52H65N9O6. The number of urea groups is 1. The molecule has 0 bridgehead atoms. The average molecular weight is 912 g/mol. The second-order valence-electron chi connectivity index (χ2n) is 19.7. The van der Waals surface area contributed by atoms with Gasteiger partial charge in [-0.15, -0.1) is 0 Å². The number of ether oxygens (including phenoxy) is 2. The molecule has 1 aromatic heterocycles. The highest BCUT2D eigenvalue weighted by atomic mass is 16.6. The molecule has 354 valence electrons. The van der Waals surface area contributed by atoms with Crippen molar-refractivity contribution in [1.29, 1.82) is 0 Å². The Hall–Kier alpha value is -6.38. The Morgan fingerprint density at radius 1 is 0.896 bits per heavy atom. The molecule has 3 aromatic rings. The van der Waals surface area contributed by atoms with E-state index in [4.69, 9.17) is 14.5 Å². The number of fused-ring (bicyclic) bond motifs is 2. The van der Waals surface area contributed by atoms with E-state index in [-0.39, 0.29) is 17.8 Å². The maximum atomic E-state index is 13.8. The Balaban J connectivity index is 0.792. The number of nitrogens with zero attached hydrogens (tertiary/aromatic N) is 7. The van der Waals surface area contributed by atoms with Gasteiger partial charge in [0.05, 0.1) is 37.1 Å². The maximum absolute atomic E-state index is 13.8. The van der Waals surface area contributed by atoms with Crippen LogP contribution in [0.15, 0.2) is 82.8 Å². The molecule has 6 aliphatic heterocycles. The van der Waals surface area contributed by atoms with Crippen LogP contribution in [-0.2, 0) is 20.7 Å². The first-order chi connectivity index (χ1) is 32.3.